The van der Waals surface area contributed by atoms with Gasteiger partial charge in [-0.3, -0.25) is 20.2 Å². The highest BCUT2D eigenvalue weighted by atomic mass is 16.6. The summed E-state index contributed by atoms with van der Waals surface area (Å²) in [4.78, 5) is 46.0. The summed E-state index contributed by atoms with van der Waals surface area (Å²) >= 11 is 0. The predicted molar refractivity (Wildman–Crippen MR) is 117 cm³/mol. The standard InChI is InChI=1S/C24H18N2O8/c27-23(13-1-5-15(6-2-13)25(29)30)33-21-17-9-10-18(21)20-12-11-19(17)22(20)34-24(28)14-3-7-16(8-4-14)26(31)32/h1-11,17-18,20-22H,12H2. The smallest absolute Gasteiger partial charge is 0.338 e. The molecule has 0 saturated heterocycles. The van der Waals surface area contributed by atoms with Gasteiger partial charge in [0.1, 0.15) is 12.2 Å². The number of hydrogen-bond acceptors (Lipinski definition) is 8. The minimum absolute atomic E-state index is 0.0957. The van der Waals surface area contributed by atoms with E-state index in [0.717, 1.165) is 5.57 Å². The number of allylic oxidation sites excluding steroid dienone is 1. The number of carbonyl (C=O) groups excluding carboxylic acids is 2. The molecule has 2 aromatic carbocycles. The van der Waals surface area contributed by atoms with E-state index in [-0.39, 0.29) is 40.3 Å². The number of nitrogens with zero attached hydrogens (tertiary/aromatic N) is 2. The summed E-state index contributed by atoms with van der Waals surface area (Å²) in [7, 11) is 0. The molecule has 0 aromatic heterocycles. The second-order valence-corrected chi connectivity index (χ2v) is 8.40. The van der Waals surface area contributed by atoms with Gasteiger partial charge in [-0.2, -0.15) is 0 Å². The number of rotatable bonds is 6. The van der Waals surface area contributed by atoms with Gasteiger partial charge < -0.3 is 9.47 Å². The van der Waals surface area contributed by atoms with Gasteiger partial charge in [0, 0.05) is 42.0 Å². The third-order valence-corrected chi connectivity index (χ3v) is 6.60. The Bertz CT molecular complexity index is 1250. The quantitative estimate of drug-likeness (QED) is 0.271. The summed E-state index contributed by atoms with van der Waals surface area (Å²) in [6.07, 6.45) is 5.70. The van der Waals surface area contributed by atoms with Crippen molar-refractivity contribution in [2.75, 3.05) is 0 Å². The lowest BCUT2D eigenvalue weighted by atomic mass is 9.75. The van der Waals surface area contributed by atoms with E-state index in [9.17, 15) is 29.8 Å². The molecule has 10 nitrogen and oxygen atoms in total. The number of benzene rings is 2. The molecule has 0 spiro atoms. The molecule has 2 aromatic rings. The lowest BCUT2D eigenvalue weighted by Crippen LogP contribution is -2.44. The van der Waals surface area contributed by atoms with Gasteiger partial charge in [0.05, 0.1) is 21.0 Å². The van der Waals surface area contributed by atoms with Crippen molar-refractivity contribution in [1.82, 2.24) is 0 Å². The van der Waals surface area contributed by atoms with E-state index in [1.165, 1.54) is 48.5 Å². The second-order valence-electron chi connectivity index (χ2n) is 8.40. The fourth-order valence-electron chi connectivity index (χ4n) is 4.96. The summed E-state index contributed by atoms with van der Waals surface area (Å²) in [5, 5.41) is 21.6. The molecule has 0 heterocycles. The van der Waals surface area contributed by atoms with E-state index in [1.807, 2.05) is 18.2 Å². The summed E-state index contributed by atoms with van der Waals surface area (Å²) < 4.78 is 11.6. The Morgan fingerprint density at radius 3 is 1.85 bits per heavy atom. The summed E-state index contributed by atoms with van der Waals surface area (Å²) in [5.74, 6) is -1.62. The molecule has 172 valence electrons. The highest BCUT2D eigenvalue weighted by molar-refractivity contribution is 5.90. The van der Waals surface area contributed by atoms with Crippen LogP contribution in [0.15, 0.2) is 72.3 Å². The van der Waals surface area contributed by atoms with Crippen molar-refractivity contribution in [1.29, 1.82) is 0 Å². The number of fused-ring (bicyclic) bond motifs is 6. The highest BCUT2D eigenvalue weighted by Crippen LogP contribution is 2.52. The number of carbonyl (C=O) groups is 2. The van der Waals surface area contributed by atoms with Crippen molar-refractivity contribution < 1.29 is 28.9 Å². The van der Waals surface area contributed by atoms with Crippen LogP contribution in [0.4, 0.5) is 11.4 Å². The number of hydrogen-bond donors (Lipinski definition) is 0. The Labute approximate surface area is 192 Å². The Balaban J connectivity index is 1.28. The van der Waals surface area contributed by atoms with Crippen LogP contribution < -0.4 is 0 Å². The zero-order valence-corrected chi connectivity index (χ0v) is 17.6. The van der Waals surface area contributed by atoms with E-state index in [0.29, 0.717) is 6.42 Å². The summed E-state index contributed by atoms with van der Waals surface area (Å²) in [6.45, 7) is 0. The predicted octanol–water partition coefficient (Wildman–Crippen LogP) is 4.02. The zero-order valence-electron chi connectivity index (χ0n) is 17.6. The van der Waals surface area contributed by atoms with Gasteiger partial charge in [0.15, 0.2) is 0 Å². The first kappa shape index (κ1) is 21.5. The maximum absolute atomic E-state index is 12.7. The van der Waals surface area contributed by atoms with Crippen LogP contribution in [0.2, 0.25) is 0 Å². The van der Waals surface area contributed by atoms with Crippen LogP contribution in [0.25, 0.3) is 0 Å². The van der Waals surface area contributed by atoms with Crippen LogP contribution >= 0.6 is 0 Å². The first-order chi connectivity index (χ1) is 16.3. The van der Waals surface area contributed by atoms with Gasteiger partial charge in [-0.15, -0.1) is 0 Å². The maximum Gasteiger partial charge on any atom is 0.338 e. The first-order valence-corrected chi connectivity index (χ1v) is 10.6. The Morgan fingerprint density at radius 2 is 1.32 bits per heavy atom. The molecule has 0 N–H and O–H groups in total. The fraction of sp³-hybridized carbons (Fsp3) is 0.250. The number of nitro groups is 2. The van der Waals surface area contributed by atoms with E-state index < -0.39 is 34.0 Å². The molecule has 10 heteroatoms. The third kappa shape index (κ3) is 3.62. The van der Waals surface area contributed by atoms with Gasteiger partial charge in [-0.25, -0.2) is 9.59 Å². The van der Waals surface area contributed by atoms with Crippen molar-refractivity contribution in [2.45, 2.75) is 18.6 Å². The monoisotopic (exact) mass is 462 g/mol. The molecule has 5 unspecified atom stereocenters. The normalized spacial score (nSPS) is 26.0. The lowest BCUT2D eigenvalue weighted by Gasteiger charge is -2.38. The topological polar surface area (TPSA) is 139 Å². The van der Waals surface area contributed by atoms with Gasteiger partial charge in [-0.1, -0.05) is 18.2 Å². The third-order valence-electron chi connectivity index (χ3n) is 6.60. The minimum Gasteiger partial charge on any atom is -0.457 e. The van der Waals surface area contributed by atoms with E-state index in [1.54, 1.807) is 0 Å². The highest BCUT2D eigenvalue weighted by Gasteiger charge is 2.54. The van der Waals surface area contributed by atoms with Crippen LogP contribution in [0, 0.1) is 38.0 Å². The van der Waals surface area contributed by atoms with Crippen molar-refractivity contribution in [3.63, 3.8) is 0 Å². The molecule has 3 aliphatic carbocycles. The lowest BCUT2D eigenvalue weighted by molar-refractivity contribution is -0.385. The SMILES string of the molecule is O=C(OC1C2=CCC1C1C=CC2C1OC(=O)c1ccc([N+](=O)[O-])cc1)c1ccc([N+](=O)[O-])cc1. The first-order valence-electron chi connectivity index (χ1n) is 10.6. The van der Waals surface area contributed by atoms with Gasteiger partial charge in [0.25, 0.3) is 11.4 Å². The Kier molecular flexibility index (Phi) is 5.20. The zero-order chi connectivity index (χ0) is 24.0. The van der Waals surface area contributed by atoms with Crippen molar-refractivity contribution in [2.24, 2.45) is 17.8 Å². The fourth-order valence-corrected chi connectivity index (χ4v) is 4.96. The molecular weight excluding hydrogens is 444 g/mol. The Hall–Kier alpha value is -4.34. The molecule has 0 radical (unpaired) electrons. The molecule has 34 heavy (non-hydrogen) atoms. The van der Waals surface area contributed by atoms with Gasteiger partial charge in [-0.05, 0) is 36.3 Å². The molecule has 1 saturated carbocycles. The van der Waals surface area contributed by atoms with Crippen LogP contribution in [-0.2, 0) is 9.47 Å². The molecule has 5 rings (SSSR count). The number of esters is 2. The number of non-ortho nitro benzene ring substituents is 2. The van der Waals surface area contributed by atoms with Crippen molar-refractivity contribution >= 4 is 23.3 Å². The van der Waals surface area contributed by atoms with E-state index >= 15 is 0 Å². The molecule has 5 atom stereocenters. The van der Waals surface area contributed by atoms with Crippen LogP contribution in [0.3, 0.4) is 0 Å². The van der Waals surface area contributed by atoms with Crippen LogP contribution in [-0.4, -0.2) is 34.0 Å². The summed E-state index contributed by atoms with van der Waals surface area (Å²) in [5.41, 5.74) is 1.08. The number of nitro benzene ring substituents is 2. The van der Waals surface area contributed by atoms with Gasteiger partial charge in [0.2, 0.25) is 0 Å². The average molecular weight is 462 g/mol. The minimum atomic E-state index is -0.571. The van der Waals surface area contributed by atoms with Crippen molar-refractivity contribution in [3.05, 3.63) is 104 Å². The largest absolute Gasteiger partial charge is 0.457 e. The average Bonchev–Trinajstić information content (AvgIpc) is 3.32. The number of ether oxygens (including phenoxy) is 2. The van der Waals surface area contributed by atoms with Crippen molar-refractivity contribution in [3.8, 4) is 0 Å². The van der Waals surface area contributed by atoms with Crippen LogP contribution in [0.1, 0.15) is 27.1 Å². The summed E-state index contributed by atoms with van der Waals surface area (Å²) in [6, 6.07) is 10.5. The van der Waals surface area contributed by atoms with Crippen LogP contribution in [0.5, 0.6) is 0 Å². The second kappa shape index (κ2) is 8.22. The van der Waals surface area contributed by atoms with E-state index in [2.05, 4.69) is 0 Å². The molecule has 1 fully saturated rings. The molecule has 3 aliphatic rings. The molecular formula is C24H18N2O8. The molecule has 4 bridgehead atoms. The molecule has 0 amide bonds. The van der Waals surface area contributed by atoms with Gasteiger partial charge >= 0.3 is 11.9 Å². The van der Waals surface area contributed by atoms with E-state index in [4.69, 9.17) is 9.47 Å². The molecule has 0 aliphatic heterocycles. The maximum atomic E-state index is 12.7. The Morgan fingerprint density at radius 1 is 0.794 bits per heavy atom.